The van der Waals surface area contributed by atoms with E-state index in [0.717, 1.165) is 18.2 Å². The lowest BCUT2D eigenvalue weighted by Crippen LogP contribution is -2.11. The summed E-state index contributed by atoms with van der Waals surface area (Å²) in [4.78, 5) is 4.52. The van der Waals surface area contributed by atoms with E-state index in [4.69, 9.17) is 0 Å². The quantitative estimate of drug-likeness (QED) is 0.684. The lowest BCUT2D eigenvalue weighted by atomic mass is 10.0. The number of rotatable bonds is 4. The fourth-order valence-corrected chi connectivity index (χ4v) is 2.59. The molecule has 5 heteroatoms. The van der Waals surface area contributed by atoms with E-state index < -0.39 is 11.6 Å². The summed E-state index contributed by atoms with van der Waals surface area (Å²) in [6.07, 6.45) is 0. The van der Waals surface area contributed by atoms with Gasteiger partial charge in [0.1, 0.15) is 23.2 Å². The van der Waals surface area contributed by atoms with Crippen LogP contribution in [0.4, 0.5) is 14.6 Å². The highest BCUT2D eigenvalue weighted by atomic mass is 19.1. The van der Waals surface area contributed by atoms with Crippen LogP contribution in [-0.2, 0) is 0 Å². The maximum absolute atomic E-state index is 14.2. The number of halogens is 2. The molecule has 0 bridgehead atoms. The predicted molar refractivity (Wildman–Crippen MR) is 95.4 cm³/mol. The van der Waals surface area contributed by atoms with Crippen molar-refractivity contribution in [3.63, 3.8) is 0 Å². The lowest BCUT2D eigenvalue weighted by molar-refractivity contribution is 0.475. The Balaban J connectivity index is 2.18. The zero-order chi connectivity index (χ0) is 18.0. The molecule has 128 valence electrons. The number of anilines is 1. The molecule has 0 aliphatic rings. The predicted octanol–water partition coefficient (Wildman–Crippen LogP) is 5.22. The van der Waals surface area contributed by atoms with E-state index in [2.05, 4.69) is 10.3 Å². The third kappa shape index (κ3) is 3.94. The first-order valence-corrected chi connectivity index (χ1v) is 7.96. The number of pyridine rings is 1. The van der Waals surface area contributed by atoms with Crippen molar-refractivity contribution in [1.29, 1.82) is 0 Å². The first kappa shape index (κ1) is 16.9. The SMILES string of the molecule is CC(C)Nc1cc(-c2cc(F)ccc2F)cc(-c2cccc(O)c2)n1. The van der Waals surface area contributed by atoms with E-state index in [1.165, 1.54) is 0 Å². The van der Waals surface area contributed by atoms with Crippen molar-refractivity contribution in [1.82, 2.24) is 4.98 Å². The fourth-order valence-electron chi connectivity index (χ4n) is 2.59. The van der Waals surface area contributed by atoms with Crippen molar-refractivity contribution in [3.8, 4) is 28.1 Å². The molecule has 0 aliphatic carbocycles. The van der Waals surface area contributed by atoms with Crippen LogP contribution in [0.5, 0.6) is 5.75 Å². The summed E-state index contributed by atoms with van der Waals surface area (Å²) < 4.78 is 27.8. The Morgan fingerprint density at radius 3 is 2.48 bits per heavy atom. The van der Waals surface area contributed by atoms with Crippen LogP contribution in [-0.4, -0.2) is 16.1 Å². The molecule has 0 radical (unpaired) electrons. The van der Waals surface area contributed by atoms with Crippen LogP contribution >= 0.6 is 0 Å². The summed E-state index contributed by atoms with van der Waals surface area (Å²) in [6, 6.07) is 13.5. The van der Waals surface area contributed by atoms with E-state index >= 15 is 0 Å². The minimum absolute atomic E-state index is 0.111. The van der Waals surface area contributed by atoms with Crippen LogP contribution in [0.15, 0.2) is 54.6 Å². The van der Waals surface area contributed by atoms with E-state index in [1.807, 2.05) is 13.8 Å². The monoisotopic (exact) mass is 340 g/mol. The minimum atomic E-state index is -0.509. The molecule has 25 heavy (non-hydrogen) atoms. The molecule has 3 rings (SSSR count). The van der Waals surface area contributed by atoms with Crippen molar-refractivity contribution < 1.29 is 13.9 Å². The van der Waals surface area contributed by atoms with Crippen molar-refractivity contribution in [2.75, 3.05) is 5.32 Å². The average Bonchev–Trinajstić information content (AvgIpc) is 2.56. The van der Waals surface area contributed by atoms with Gasteiger partial charge in [0, 0.05) is 17.2 Å². The third-order valence-electron chi connectivity index (χ3n) is 3.64. The number of phenolic OH excluding ortho intramolecular Hbond substituents is 1. The van der Waals surface area contributed by atoms with Crippen molar-refractivity contribution in [2.45, 2.75) is 19.9 Å². The Kier molecular flexibility index (Phi) is 4.65. The number of nitrogens with one attached hydrogen (secondary N) is 1. The topological polar surface area (TPSA) is 45.1 Å². The molecule has 0 atom stereocenters. The fraction of sp³-hybridized carbons (Fsp3) is 0.150. The van der Waals surface area contributed by atoms with Gasteiger partial charge in [-0.05, 0) is 61.9 Å². The number of hydrogen-bond donors (Lipinski definition) is 2. The molecule has 0 fully saturated rings. The number of benzene rings is 2. The molecule has 2 aromatic carbocycles. The molecular weight excluding hydrogens is 322 g/mol. The summed E-state index contributed by atoms with van der Waals surface area (Å²) in [7, 11) is 0. The molecule has 0 spiro atoms. The Labute approximate surface area is 145 Å². The summed E-state index contributed by atoms with van der Waals surface area (Å²) in [6.45, 7) is 3.93. The van der Waals surface area contributed by atoms with Gasteiger partial charge in [0.25, 0.3) is 0 Å². The highest BCUT2D eigenvalue weighted by Gasteiger charge is 2.12. The first-order chi connectivity index (χ1) is 11.9. The van der Waals surface area contributed by atoms with Gasteiger partial charge in [-0.3, -0.25) is 0 Å². The van der Waals surface area contributed by atoms with Crippen LogP contribution in [0.2, 0.25) is 0 Å². The second-order valence-corrected chi connectivity index (χ2v) is 6.10. The maximum Gasteiger partial charge on any atom is 0.131 e. The van der Waals surface area contributed by atoms with Gasteiger partial charge >= 0.3 is 0 Å². The molecule has 0 amide bonds. The average molecular weight is 340 g/mol. The van der Waals surface area contributed by atoms with Crippen molar-refractivity contribution in [3.05, 3.63) is 66.2 Å². The molecule has 3 aromatic rings. The van der Waals surface area contributed by atoms with E-state index in [0.29, 0.717) is 22.6 Å². The summed E-state index contributed by atoms with van der Waals surface area (Å²) >= 11 is 0. The van der Waals surface area contributed by atoms with Crippen LogP contribution in [0, 0.1) is 11.6 Å². The van der Waals surface area contributed by atoms with Crippen LogP contribution in [0.1, 0.15) is 13.8 Å². The van der Waals surface area contributed by atoms with Gasteiger partial charge in [-0.15, -0.1) is 0 Å². The molecule has 0 saturated heterocycles. The lowest BCUT2D eigenvalue weighted by Gasteiger charge is -2.14. The summed E-state index contributed by atoms with van der Waals surface area (Å²) in [5, 5.41) is 12.9. The van der Waals surface area contributed by atoms with Gasteiger partial charge in [-0.1, -0.05) is 12.1 Å². The first-order valence-electron chi connectivity index (χ1n) is 7.96. The second kappa shape index (κ2) is 6.89. The third-order valence-corrected chi connectivity index (χ3v) is 3.64. The minimum Gasteiger partial charge on any atom is -0.508 e. The van der Waals surface area contributed by atoms with Crippen LogP contribution in [0.3, 0.4) is 0 Å². The molecule has 2 N–H and O–H groups in total. The van der Waals surface area contributed by atoms with Crippen molar-refractivity contribution in [2.24, 2.45) is 0 Å². The highest BCUT2D eigenvalue weighted by Crippen LogP contribution is 2.31. The van der Waals surface area contributed by atoms with Gasteiger partial charge in [-0.2, -0.15) is 0 Å². The number of phenols is 1. The Hall–Kier alpha value is -2.95. The highest BCUT2D eigenvalue weighted by molar-refractivity contribution is 5.74. The van der Waals surface area contributed by atoms with Gasteiger partial charge < -0.3 is 10.4 Å². The zero-order valence-corrected chi connectivity index (χ0v) is 13.9. The Bertz CT molecular complexity index is 910. The molecule has 1 aromatic heterocycles. The van der Waals surface area contributed by atoms with E-state index in [9.17, 15) is 13.9 Å². The molecule has 0 unspecified atom stereocenters. The standard InChI is InChI=1S/C20H18F2N2O/c1-12(2)23-20-10-14(17-11-15(21)6-7-18(17)22)9-19(24-20)13-4-3-5-16(25)8-13/h3-12,25H,1-2H3,(H,23,24). The summed E-state index contributed by atoms with van der Waals surface area (Å²) in [5.74, 6) is -0.357. The summed E-state index contributed by atoms with van der Waals surface area (Å²) in [5.41, 5.74) is 1.91. The van der Waals surface area contributed by atoms with Gasteiger partial charge in [-0.25, -0.2) is 13.8 Å². The van der Waals surface area contributed by atoms with Gasteiger partial charge in [0.2, 0.25) is 0 Å². The number of nitrogens with zero attached hydrogens (tertiary/aromatic N) is 1. The van der Waals surface area contributed by atoms with Crippen LogP contribution in [0.25, 0.3) is 22.4 Å². The zero-order valence-electron chi connectivity index (χ0n) is 13.9. The van der Waals surface area contributed by atoms with Gasteiger partial charge in [0.15, 0.2) is 0 Å². The molecule has 3 nitrogen and oxygen atoms in total. The number of aromatic nitrogens is 1. The molecule has 1 heterocycles. The molecule has 0 aliphatic heterocycles. The Morgan fingerprint density at radius 2 is 1.76 bits per heavy atom. The number of aromatic hydroxyl groups is 1. The Morgan fingerprint density at radius 1 is 0.960 bits per heavy atom. The van der Waals surface area contributed by atoms with E-state index in [-0.39, 0.29) is 17.4 Å². The maximum atomic E-state index is 14.2. The second-order valence-electron chi connectivity index (χ2n) is 6.10. The molecular formula is C20H18F2N2O. The van der Waals surface area contributed by atoms with Crippen LogP contribution < -0.4 is 5.32 Å². The van der Waals surface area contributed by atoms with E-state index in [1.54, 1.807) is 36.4 Å². The number of hydrogen-bond acceptors (Lipinski definition) is 3. The van der Waals surface area contributed by atoms with Crippen molar-refractivity contribution >= 4 is 5.82 Å². The molecule has 0 saturated carbocycles. The van der Waals surface area contributed by atoms with Gasteiger partial charge in [0.05, 0.1) is 5.69 Å². The largest absolute Gasteiger partial charge is 0.508 e. The smallest absolute Gasteiger partial charge is 0.131 e. The normalized spacial score (nSPS) is 10.9.